The van der Waals surface area contributed by atoms with Gasteiger partial charge >= 0.3 is 5.97 Å². The summed E-state index contributed by atoms with van der Waals surface area (Å²) in [6, 6.07) is 0.682. The van der Waals surface area contributed by atoms with E-state index in [-0.39, 0.29) is 5.91 Å². The molecule has 1 aliphatic heterocycles. The average Bonchev–Trinajstić information content (AvgIpc) is 3.05. The first-order valence-electron chi connectivity index (χ1n) is 6.44. The number of carbonyl (C=O) groups is 2. The molecule has 1 saturated carbocycles. The number of hydrogen-bond donors (Lipinski definition) is 2. The van der Waals surface area contributed by atoms with Crippen LogP contribution in [-0.2, 0) is 14.3 Å². The number of carbonyl (C=O) groups excluding carboxylic acids is 1. The summed E-state index contributed by atoms with van der Waals surface area (Å²) in [5.74, 6) is -1.18. The maximum atomic E-state index is 11.7. The first-order valence-corrected chi connectivity index (χ1v) is 6.44. The quantitative estimate of drug-likeness (QED) is 0.690. The molecule has 0 unspecified atom stereocenters. The Hall–Kier alpha value is -1.14. The van der Waals surface area contributed by atoms with Crippen LogP contribution < -0.4 is 5.32 Å². The predicted octanol–water partition coefficient (Wildman–Crippen LogP) is -0.171. The minimum atomic E-state index is -0.987. The third-order valence-electron chi connectivity index (χ3n) is 3.52. The standard InChI is InChI=1S/C12H20N2O4/c1-14(8-2-3-8)7-6-13-11(15)9-4-5-10(18-9)12(16)17/h8-10H,2-7H2,1H3,(H,13,15)(H,16,17)/t9-,10+/m0/s1. The van der Waals surface area contributed by atoms with Crippen LogP contribution in [0.25, 0.3) is 0 Å². The Balaban J connectivity index is 1.64. The van der Waals surface area contributed by atoms with Crippen LogP contribution in [-0.4, -0.2) is 60.3 Å². The number of nitrogens with zero attached hydrogens (tertiary/aromatic N) is 1. The minimum absolute atomic E-state index is 0.192. The van der Waals surface area contributed by atoms with E-state index in [4.69, 9.17) is 9.84 Å². The molecule has 1 saturated heterocycles. The number of nitrogens with one attached hydrogen (secondary N) is 1. The van der Waals surface area contributed by atoms with Gasteiger partial charge in [0.2, 0.25) is 5.91 Å². The fourth-order valence-corrected chi connectivity index (χ4v) is 2.18. The highest BCUT2D eigenvalue weighted by atomic mass is 16.5. The van der Waals surface area contributed by atoms with Crippen LogP contribution in [0, 0.1) is 0 Å². The van der Waals surface area contributed by atoms with Crippen molar-refractivity contribution < 1.29 is 19.4 Å². The third-order valence-corrected chi connectivity index (χ3v) is 3.52. The summed E-state index contributed by atoms with van der Waals surface area (Å²) in [4.78, 5) is 24.7. The maximum absolute atomic E-state index is 11.7. The van der Waals surface area contributed by atoms with E-state index in [0.29, 0.717) is 25.4 Å². The molecule has 0 radical (unpaired) electrons. The van der Waals surface area contributed by atoms with Gasteiger partial charge in [0.25, 0.3) is 0 Å². The zero-order valence-electron chi connectivity index (χ0n) is 10.6. The van der Waals surface area contributed by atoms with Gasteiger partial charge in [0.05, 0.1) is 0 Å². The lowest BCUT2D eigenvalue weighted by molar-refractivity contribution is -0.151. The van der Waals surface area contributed by atoms with Gasteiger partial charge in [-0.2, -0.15) is 0 Å². The highest BCUT2D eigenvalue weighted by Crippen LogP contribution is 2.24. The highest BCUT2D eigenvalue weighted by Gasteiger charge is 2.34. The molecule has 0 bridgehead atoms. The molecule has 1 heterocycles. The summed E-state index contributed by atoms with van der Waals surface area (Å²) >= 11 is 0. The van der Waals surface area contributed by atoms with E-state index in [2.05, 4.69) is 17.3 Å². The minimum Gasteiger partial charge on any atom is -0.479 e. The fraction of sp³-hybridized carbons (Fsp3) is 0.833. The monoisotopic (exact) mass is 256 g/mol. The highest BCUT2D eigenvalue weighted by molar-refractivity contribution is 5.82. The molecule has 0 aromatic heterocycles. The van der Waals surface area contributed by atoms with Crippen molar-refractivity contribution in [3.63, 3.8) is 0 Å². The molecule has 2 aliphatic rings. The Morgan fingerprint density at radius 2 is 1.94 bits per heavy atom. The fourth-order valence-electron chi connectivity index (χ4n) is 2.18. The van der Waals surface area contributed by atoms with Crippen molar-refractivity contribution in [1.82, 2.24) is 10.2 Å². The Kier molecular flexibility index (Phi) is 4.19. The van der Waals surface area contributed by atoms with Crippen molar-refractivity contribution in [1.29, 1.82) is 0 Å². The number of carboxylic acids is 1. The number of carboxylic acid groups (broad SMARTS) is 1. The molecule has 2 atom stereocenters. The van der Waals surface area contributed by atoms with E-state index in [1.54, 1.807) is 0 Å². The van der Waals surface area contributed by atoms with Crippen LogP contribution in [0.2, 0.25) is 0 Å². The van der Waals surface area contributed by atoms with E-state index in [0.717, 1.165) is 6.54 Å². The SMILES string of the molecule is CN(CCNC(=O)[C@@H]1CC[C@H](C(=O)O)O1)C1CC1. The lowest BCUT2D eigenvalue weighted by Crippen LogP contribution is -2.39. The molecule has 1 aliphatic carbocycles. The normalized spacial score (nSPS) is 27.4. The lowest BCUT2D eigenvalue weighted by atomic mass is 10.2. The molecule has 2 N–H and O–H groups in total. The van der Waals surface area contributed by atoms with Crippen LogP contribution >= 0.6 is 0 Å². The molecule has 0 spiro atoms. The molecule has 18 heavy (non-hydrogen) atoms. The van der Waals surface area contributed by atoms with Crippen LogP contribution in [0.1, 0.15) is 25.7 Å². The van der Waals surface area contributed by atoms with Gasteiger partial charge in [-0.05, 0) is 32.7 Å². The van der Waals surface area contributed by atoms with Crippen molar-refractivity contribution in [2.24, 2.45) is 0 Å². The number of rotatable bonds is 6. The largest absolute Gasteiger partial charge is 0.479 e. The van der Waals surface area contributed by atoms with Gasteiger partial charge < -0.3 is 20.1 Å². The Bertz CT molecular complexity index is 330. The summed E-state index contributed by atoms with van der Waals surface area (Å²) in [6.45, 7) is 1.41. The molecule has 6 nitrogen and oxygen atoms in total. The van der Waals surface area contributed by atoms with E-state index in [1.165, 1.54) is 12.8 Å². The Morgan fingerprint density at radius 3 is 2.50 bits per heavy atom. The van der Waals surface area contributed by atoms with E-state index in [9.17, 15) is 9.59 Å². The van der Waals surface area contributed by atoms with E-state index < -0.39 is 18.2 Å². The van der Waals surface area contributed by atoms with Gasteiger partial charge in [-0.3, -0.25) is 4.79 Å². The zero-order chi connectivity index (χ0) is 13.1. The van der Waals surface area contributed by atoms with Crippen LogP contribution in [0.3, 0.4) is 0 Å². The predicted molar refractivity (Wildman–Crippen MR) is 64.2 cm³/mol. The summed E-state index contributed by atoms with van der Waals surface area (Å²) in [6.07, 6.45) is 1.97. The second kappa shape index (κ2) is 5.67. The van der Waals surface area contributed by atoms with Gasteiger partial charge in [-0.25, -0.2) is 4.79 Å². The van der Waals surface area contributed by atoms with Crippen molar-refractivity contribution >= 4 is 11.9 Å². The third kappa shape index (κ3) is 3.43. The zero-order valence-corrected chi connectivity index (χ0v) is 10.6. The summed E-state index contributed by atoms with van der Waals surface area (Å²) in [7, 11) is 2.05. The van der Waals surface area contributed by atoms with E-state index in [1.807, 2.05) is 0 Å². The van der Waals surface area contributed by atoms with Gasteiger partial charge in [-0.15, -0.1) is 0 Å². The summed E-state index contributed by atoms with van der Waals surface area (Å²) in [5, 5.41) is 11.6. The number of ether oxygens (including phenoxy) is 1. The van der Waals surface area contributed by atoms with Crippen LogP contribution in [0.5, 0.6) is 0 Å². The van der Waals surface area contributed by atoms with Gasteiger partial charge in [0, 0.05) is 19.1 Å². The smallest absolute Gasteiger partial charge is 0.332 e. The van der Waals surface area contributed by atoms with Gasteiger partial charge in [0.1, 0.15) is 6.10 Å². The summed E-state index contributed by atoms with van der Waals surface area (Å²) in [5.41, 5.74) is 0. The second-order valence-corrected chi connectivity index (χ2v) is 5.03. The lowest BCUT2D eigenvalue weighted by Gasteiger charge is -2.17. The topological polar surface area (TPSA) is 78.9 Å². The molecular weight excluding hydrogens is 236 g/mol. The maximum Gasteiger partial charge on any atom is 0.332 e. The Morgan fingerprint density at radius 1 is 1.28 bits per heavy atom. The van der Waals surface area contributed by atoms with Crippen LogP contribution in [0.4, 0.5) is 0 Å². The first kappa shape index (κ1) is 13.3. The van der Waals surface area contributed by atoms with Gasteiger partial charge in [0.15, 0.2) is 6.10 Å². The molecule has 0 aromatic rings. The molecule has 6 heteroatoms. The Labute approximate surface area is 106 Å². The number of amides is 1. The number of aliphatic carboxylic acids is 1. The molecule has 102 valence electrons. The first-order chi connectivity index (χ1) is 8.58. The van der Waals surface area contributed by atoms with Crippen molar-refractivity contribution in [2.75, 3.05) is 20.1 Å². The second-order valence-electron chi connectivity index (χ2n) is 5.03. The molecule has 2 rings (SSSR count). The summed E-state index contributed by atoms with van der Waals surface area (Å²) < 4.78 is 5.18. The van der Waals surface area contributed by atoms with Crippen molar-refractivity contribution in [2.45, 2.75) is 43.9 Å². The van der Waals surface area contributed by atoms with Crippen LogP contribution in [0.15, 0.2) is 0 Å². The van der Waals surface area contributed by atoms with E-state index >= 15 is 0 Å². The molecule has 0 aromatic carbocycles. The molecule has 2 fully saturated rings. The number of likely N-dealkylation sites (N-methyl/N-ethyl adjacent to an activating group) is 1. The van der Waals surface area contributed by atoms with Crippen molar-refractivity contribution in [3.05, 3.63) is 0 Å². The molecular formula is C12H20N2O4. The molecule has 1 amide bonds. The van der Waals surface area contributed by atoms with Crippen molar-refractivity contribution in [3.8, 4) is 0 Å². The number of hydrogen-bond acceptors (Lipinski definition) is 4. The van der Waals surface area contributed by atoms with Gasteiger partial charge in [-0.1, -0.05) is 0 Å². The average molecular weight is 256 g/mol.